The molecule has 0 heterocycles. The normalized spacial score (nSPS) is 29.7. The lowest BCUT2D eigenvalue weighted by atomic mass is 10.1. The molecule has 3 atom stereocenters. The molecule has 3 N–H and O–H groups in total. The Bertz CT molecular complexity index is 315. The maximum atomic E-state index is 11.7. The van der Waals surface area contributed by atoms with E-state index < -0.39 is 12.0 Å². The van der Waals surface area contributed by atoms with E-state index in [-0.39, 0.29) is 18.0 Å². The first kappa shape index (κ1) is 12.2. The molecule has 0 aromatic rings. The molecule has 0 aromatic heterocycles. The fraction of sp³-hybridized carbons (Fsp3) is 0.833. The van der Waals surface area contributed by atoms with Gasteiger partial charge in [0.25, 0.3) is 0 Å². The number of carboxylic acids is 1. The Hall–Kier alpha value is -1.26. The quantitative estimate of drug-likeness (QED) is 0.693. The number of hydrogen-bond acceptors (Lipinski definition) is 2. The van der Waals surface area contributed by atoms with Gasteiger partial charge in [0.1, 0.15) is 6.04 Å². The monoisotopic (exact) mass is 240 g/mol. The van der Waals surface area contributed by atoms with Gasteiger partial charge in [-0.3, -0.25) is 0 Å². The molecular formula is C12H20N2O3. The average Bonchev–Trinajstić information content (AvgIpc) is 3.00. The van der Waals surface area contributed by atoms with Gasteiger partial charge in [0, 0.05) is 6.04 Å². The highest BCUT2D eigenvalue weighted by Gasteiger charge is 2.37. The molecule has 2 aliphatic carbocycles. The lowest BCUT2D eigenvalue weighted by Crippen LogP contribution is -2.49. The van der Waals surface area contributed by atoms with Crippen LogP contribution in [0.15, 0.2) is 0 Å². The van der Waals surface area contributed by atoms with Crippen LogP contribution >= 0.6 is 0 Å². The summed E-state index contributed by atoms with van der Waals surface area (Å²) in [7, 11) is 0. The van der Waals surface area contributed by atoms with Gasteiger partial charge in [-0.15, -0.1) is 0 Å². The Labute approximate surface area is 101 Å². The predicted molar refractivity (Wildman–Crippen MR) is 62.6 cm³/mol. The van der Waals surface area contributed by atoms with E-state index in [0.717, 1.165) is 32.1 Å². The third-order valence-electron chi connectivity index (χ3n) is 3.68. The van der Waals surface area contributed by atoms with Crippen molar-refractivity contribution in [2.24, 2.45) is 11.8 Å². The zero-order valence-electron chi connectivity index (χ0n) is 10.1. The molecule has 0 radical (unpaired) electrons. The molecule has 2 rings (SSSR count). The van der Waals surface area contributed by atoms with Crippen LogP contribution in [0.3, 0.4) is 0 Å². The maximum Gasteiger partial charge on any atom is 0.326 e. The molecule has 5 heteroatoms. The van der Waals surface area contributed by atoms with Crippen LogP contribution in [-0.2, 0) is 4.79 Å². The summed E-state index contributed by atoms with van der Waals surface area (Å²) >= 11 is 0. The smallest absolute Gasteiger partial charge is 0.326 e. The van der Waals surface area contributed by atoms with Crippen LogP contribution in [0.1, 0.15) is 39.0 Å². The van der Waals surface area contributed by atoms with Crippen molar-refractivity contribution in [3.05, 3.63) is 0 Å². The van der Waals surface area contributed by atoms with Gasteiger partial charge in [0.05, 0.1) is 0 Å². The zero-order chi connectivity index (χ0) is 12.4. The summed E-state index contributed by atoms with van der Waals surface area (Å²) in [4.78, 5) is 22.6. The number of carboxylic acid groups (broad SMARTS) is 1. The molecule has 0 bridgehead atoms. The van der Waals surface area contributed by atoms with E-state index >= 15 is 0 Å². The summed E-state index contributed by atoms with van der Waals surface area (Å²) in [6, 6.07) is -0.837. The standard InChI is InChI=1S/C12H20N2O3/c1-7-2-5-9(6-7)13-12(17)14-10(11(15)16)8-3-4-8/h7-10H,2-6H2,1H3,(H,15,16)(H2,13,14,17). The molecule has 17 heavy (non-hydrogen) atoms. The average molecular weight is 240 g/mol. The number of hydrogen-bond donors (Lipinski definition) is 3. The Morgan fingerprint density at radius 1 is 1.24 bits per heavy atom. The summed E-state index contributed by atoms with van der Waals surface area (Å²) in [5.74, 6) is -0.151. The second kappa shape index (κ2) is 4.94. The number of aliphatic carboxylic acids is 1. The minimum Gasteiger partial charge on any atom is -0.480 e. The topological polar surface area (TPSA) is 78.4 Å². The second-order valence-corrected chi connectivity index (χ2v) is 5.39. The molecule has 2 amide bonds. The number of rotatable bonds is 4. The van der Waals surface area contributed by atoms with Gasteiger partial charge in [0.2, 0.25) is 0 Å². The molecule has 2 aliphatic rings. The lowest BCUT2D eigenvalue weighted by Gasteiger charge is -2.17. The van der Waals surface area contributed by atoms with Crippen LogP contribution in [0, 0.1) is 11.8 Å². The number of nitrogens with one attached hydrogen (secondary N) is 2. The van der Waals surface area contributed by atoms with Crippen LogP contribution in [0.25, 0.3) is 0 Å². The Kier molecular flexibility index (Phi) is 3.54. The minimum atomic E-state index is -0.928. The molecule has 2 saturated carbocycles. The van der Waals surface area contributed by atoms with Gasteiger partial charge in [-0.1, -0.05) is 6.92 Å². The highest BCUT2D eigenvalue weighted by Crippen LogP contribution is 2.32. The summed E-state index contributed by atoms with van der Waals surface area (Å²) in [6.45, 7) is 2.17. The van der Waals surface area contributed by atoms with Crippen LogP contribution in [0.2, 0.25) is 0 Å². The largest absolute Gasteiger partial charge is 0.480 e. The predicted octanol–water partition coefficient (Wildman–Crippen LogP) is 1.34. The van der Waals surface area contributed by atoms with E-state index in [4.69, 9.17) is 5.11 Å². The highest BCUT2D eigenvalue weighted by atomic mass is 16.4. The number of amides is 2. The van der Waals surface area contributed by atoms with Crippen molar-refractivity contribution < 1.29 is 14.7 Å². The van der Waals surface area contributed by atoms with E-state index in [9.17, 15) is 9.59 Å². The molecule has 2 fully saturated rings. The minimum absolute atomic E-state index is 0.126. The molecular weight excluding hydrogens is 220 g/mol. The van der Waals surface area contributed by atoms with Crippen molar-refractivity contribution in [3.63, 3.8) is 0 Å². The van der Waals surface area contributed by atoms with E-state index in [1.165, 1.54) is 0 Å². The summed E-state index contributed by atoms with van der Waals surface area (Å²) in [6.07, 6.45) is 4.93. The van der Waals surface area contributed by atoms with Crippen LogP contribution < -0.4 is 10.6 Å². The van der Waals surface area contributed by atoms with Crippen molar-refractivity contribution in [2.45, 2.75) is 51.1 Å². The Morgan fingerprint density at radius 3 is 2.41 bits per heavy atom. The summed E-state index contributed by atoms with van der Waals surface area (Å²) < 4.78 is 0. The van der Waals surface area contributed by atoms with E-state index in [1.54, 1.807) is 0 Å². The van der Waals surface area contributed by atoms with Gasteiger partial charge in [-0.2, -0.15) is 0 Å². The van der Waals surface area contributed by atoms with Crippen LogP contribution in [0.5, 0.6) is 0 Å². The lowest BCUT2D eigenvalue weighted by molar-refractivity contribution is -0.139. The van der Waals surface area contributed by atoms with Crippen molar-refractivity contribution in [2.75, 3.05) is 0 Å². The summed E-state index contributed by atoms with van der Waals surface area (Å²) in [5, 5.41) is 14.4. The molecule has 0 aliphatic heterocycles. The van der Waals surface area contributed by atoms with Crippen molar-refractivity contribution in [3.8, 4) is 0 Å². The summed E-state index contributed by atoms with van der Waals surface area (Å²) in [5.41, 5.74) is 0. The fourth-order valence-electron chi connectivity index (χ4n) is 2.52. The van der Waals surface area contributed by atoms with Crippen molar-refractivity contribution in [1.82, 2.24) is 10.6 Å². The fourth-order valence-corrected chi connectivity index (χ4v) is 2.52. The van der Waals surface area contributed by atoms with Crippen LogP contribution in [0.4, 0.5) is 4.79 Å². The maximum absolute atomic E-state index is 11.7. The molecule has 5 nitrogen and oxygen atoms in total. The Balaban J connectivity index is 1.77. The van der Waals surface area contributed by atoms with Gasteiger partial charge in [-0.25, -0.2) is 9.59 Å². The third kappa shape index (κ3) is 3.35. The van der Waals surface area contributed by atoms with Gasteiger partial charge in [0.15, 0.2) is 0 Å². The van der Waals surface area contributed by atoms with Crippen molar-refractivity contribution >= 4 is 12.0 Å². The van der Waals surface area contributed by atoms with Crippen LogP contribution in [-0.4, -0.2) is 29.2 Å². The van der Waals surface area contributed by atoms with E-state index in [0.29, 0.717) is 5.92 Å². The first-order valence-corrected chi connectivity index (χ1v) is 6.36. The molecule has 3 unspecified atom stereocenters. The second-order valence-electron chi connectivity index (χ2n) is 5.39. The highest BCUT2D eigenvalue weighted by molar-refractivity contribution is 5.83. The number of carbonyl (C=O) groups excluding carboxylic acids is 1. The number of carbonyl (C=O) groups is 2. The van der Waals surface area contributed by atoms with Crippen molar-refractivity contribution in [1.29, 1.82) is 0 Å². The van der Waals surface area contributed by atoms with E-state index in [2.05, 4.69) is 17.6 Å². The Morgan fingerprint density at radius 2 is 1.94 bits per heavy atom. The SMILES string of the molecule is CC1CCC(NC(=O)NC(C(=O)O)C2CC2)C1. The molecule has 0 saturated heterocycles. The molecule has 96 valence electrons. The van der Waals surface area contributed by atoms with Gasteiger partial charge < -0.3 is 15.7 Å². The first-order chi connectivity index (χ1) is 8.06. The van der Waals surface area contributed by atoms with E-state index in [1.807, 2.05) is 0 Å². The number of urea groups is 1. The molecule has 0 spiro atoms. The zero-order valence-corrected chi connectivity index (χ0v) is 10.1. The van der Waals surface area contributed by atoms with Gasteiger partial charge >= 0.3 is 12.0 Å². The first-order valence-electron chi connectivity index (χ1n) is 6.36. The third-order valence-corrected chi connectivity index (χ3v) is 3.68. The molecule has 0 aromatic carbocycles. The van der Waals surface area contributed by atoms with Gasteiger partial charge in [-0.05, 0) is 43.9 Å².